The number of anilines is 1. The number of rotatable bonds is 2. The van der Waals surface area contributed by atoms with E-state index in [0.717, 1.165) is 18.7 Å². The average Bonchev–Trinajstić information content (AvgIpc) is 2.72. The van der Waals surface area contributed by atoms with Crippen molar-refractivity contribution in [2.75, 3.05) is 5.32 Å². The predicted molar refractivity (Wildman–Crippen MR) is 72.9 cm³/mol. The Labute approximate surface area is 111 Å². The summed E-state index contributed by atoms with van der Waals surface area (Å²) >= 11 is 5.94. The summed E-state index contributed by atoms with van der Waals surface area (Å²) in [6.07, 6.45) is 2.21. The van der Waals surface area contributed by atoms with E-state index in [1.165, 1.54) is 11.1 Å². The summed E-state index contributed by atoms with van der Waals surface area (Å²) in [6, 6.07) is 10.6. The van der Waals surface area contributed by atoms with Crippen molar-refractivity contribution in [2.24, 2.45) is 0 Å². The molecular weight excluding hydrogens is 246 g/mol. The third kappa shape index (κ3) is 2.18. The molecule has 1 N–H and O–H groups in total. The second-order valence-electron chi connectivity index (χ2n) is 4.56. The first-order valence-corrected chi connectivity index (χ1v) is 6.46. The molecular formula is C14H14ClN3. The Hall–Kier alpha value is -1.61. The molecule has 1 heterocycles. The molecule has 1 aliphatic carbocycles. The molecule has 0 saturated heterocycles. The lowest BCUT2D eigenvalue weighted by Crippen LogP contribution is -2.09. The molecule has 0 saturated carbocycles. The van der Waals surface area contributed by atoms with Crippen LogP contribution in [0.5, 0.6) is 0 Å². The first-order chi connectivity index (χ1) is 8.72. The summed E-state index contributed by atoms with van der Waals surface area (Å²) < 4.78 is 0. The van der Waals surface area contributed by atoms with Gasteiger partial charge in [0.15, 0.2) is 0 Å². The lowest BCUT2D eigenvalue weighted by Gasteiger charge is -2.15. The van der Waals surface area contributed by atoms with Gasteiger partial charge < -0.3 is 5.32 Å². The van der Waals surface area contributed by atoms with Gasteiger partial charge in [-0.1, -0.05) is 35.9 Å². The highest BCUT2D eigenvalue weighted by Gasteiger charge is 2.22. The highest BCUT2D eigenvalue weighted by Crippen LogP contribution is 2.33. The maximum absolute atomic E-state index is 5.94. The Morgan fingerprint density at radius 3 is 2.94 bits per heavy atom. The number of aromatic nitrogens is 2. The Morgan fingerprint density at radius 1 is 1.28 bits per heavy atom. The molecule has 18 heavy (non-hydrogen) atoms. The van der Waals surface area contributed by atoms with Gasteiger partial charge in [0.05, 0.1) is 6.04 Å². The summed E-state index contributed by atoms with van der Waals surface area (Å²) in [7, 11) is 0. The molecule has 1 aromatic heterocycles. The van der Waals surface area contributed by atoms with Gasteiger partial charge in [-0.15, -0.1) is 0 Å². The first-order valence-electron chi connectivity index (χ1n) is 6.08. The molecule has 3 rings (SSSR count). The zero-order chi connectivity index (χ0) is 12.5. The highest BCUT2D eigenvalue weighted by molar-refractivity contribution is 6.29. The van der Waals surface area contributed by atoms with E-state index in [9.17, 15) is 0 Å². The van der Waals surface area contributed by atoms with Gasteiger partial charge in [-0.2, -0.15) is 0 Å². The topological polar surface area (TPSA) is 37.8 Å². The van der Waals surface area contributed by atoms with Gasteiger partial charge in [-0.25, -0.2) is 9.97 Å². The quantitative estimate of drug-likeness (QED) is 0.839. The minimum absolute atomic E-state index is 0.326. The van der Waals surface area contributed by atoms with E-state index < -0.39 is 0 Å². The fraction of sp³-hybridized carbons (Fsp3) is 0.286. The molecule has 0 radical (unpaired) electrons. The fourth-order valence-electron chi connectivity index (χ4n) is 2.49. The van der Waals surface area contributed by atoms with Gasteiger partial charge >= 0.3 is 0 Å². The van der Waals surface area contributed by atoms with Crippen LogP contribution in [0.3, 0.4) is 0 Å². The fourth-order valence-corrected chi connectivity index (χ4v) is 2.72. The van der Waals surface area contributed by atoms with Crippen LogP contribution in [0.2, 0.25) is 5.15 Å². The van der Waals surface area contributed by atoms with Gasteiger partial charge in [0.25, 0.3) is 0 Å². The smallest absolute Gasteiger partial charge is 0.134 e. The van der Waals surface area contributed by atoms with Gasteiger partial charge in [-0.05, 0) is 30.9 Å². The van der Waals surface area contributed by atoms with Crippen molar-refractivity contribution < 1.29 is 0 Å². The van der Waals surface area contributed by atoms with Gasteiger partial charge in [0.1, 0.15) is 16.8 Å². The second kappa shape index (κ2) is 4.58. The second-order valence-corrected chi connectivity index (χ2v) is 4.94. The van der Waals surface area contributed by atoms with Crippen LogP contribution < -0.4 is 5.32 Å². The van der Waals surface area contributed by atoms with Crippen LogP contribution in [0.1, 0.15) is 29.4 Å². The van der Waals surface area contributed by atoms with Crippen molar-refractivity contribution in [1.82, 2.24) is 9.97 Å². The lowest BCUT2D eigenvalue weighted by molar-refractivity contribution is 0.755. The van der Waals surface area contributed by atoms with Gasteiger partial charge in [-0.3, -0.25) is 0 Å². The Balaban J connectivity index is 1.86. The molecule has 3 nitrogen and oxygen atoms in total. The third-order valence-electron chi connectivity index (χ3n) is 3.26. The molecule has 1 unspecified atom stereocenters. The number of halogens is 1. The average molecular weight is 260 g/mol. The molecule has 1 aromatic carbocycles. The number of aryl methyl sites for hydroxylation is 2. The summed E-state index contributed by atoms with van der Waals surface area (Å²) in [4.78, 5) is 8.43. The summed E-state index contributed by atoms with van der Waals surface area (Å²) in [5, 5.41) is 3.93. The summed E-state index contributed by atoms with van der Waals surface area (Å²) in [6.45, 7) is 1.85. The van der Waals surface area contributed by atoms with Crippen LogP contribution in [-0.2, 0) is 6.42 Å². The number of fused-ring (bicyclic) bond motifs is 1. The van der Waals surface area contributed by atoms with Crippen molar-refractivity contribution in [3.8, 4) is 0 Å². The summed E-state index contributed by atoms with van der Waals surface area (Å²) in [5.74, 6) is 1.49. The van der Waals surface area contributed by atoms with E-state index in [1.54, 1.807) is 6.07 Å². The van der Waals surface area contributed by atoms with Crippen LogP contribution in [0.15, 0.2) is 30.3 Å². The molecule has 0 amide bonds. The minimum Gasteiger partial charge on any atom is -0.363 e. The van der Waals surface area contributed by atoms with Crippen molar-refractivity contribution in [3.63, 3.8) is 0 Å². The molecule has 0 aliphatic heterocycles. The molecule has 4 heteroatoms. The number of nitrogens with one attached hydrogen (secondary N) is 1. The van der Waals surface area contributed by atoms with E-state index in [0.29, 0.717) is 17.0 Å². The Bertz CT molecular complexity index is 563. The van der Waals surface area contributed by atoms with Crippen LogP contribution >= 0.6 is 11.6 Å². The van der Waals surface area contributed by atoms with Crippen LogP contribution in [0, 0.1) is 6.92 Å². The number of hydrogen-bond donors (Lipinski definition) is 1. The van der Waals surface area contributed by atoms with E-state index in [-0.39, 0.29) is 0 Å². The molecule has 1 aliphatic rings. The maximum atomic E-state index is 5.94. The van der Waals surface area contributed by atoms with Crippen molar-refractivity contribution >= 4 is 17.4 Å². The van der Waals surface area contributed by atoms with Gasteiger partial charge in [0.2, 0.25) is 0 Å². The van der Waals surface area contributed by atoms with E-state index in [2.05, 4.69) is 39.6 Å². The number of benzene rings is 1. The zero-order valence-electron chi connectivity index (χ0n) is 10.2. The minimum atomic E-state index is 0.326. The molecule has 0 fully saturated rings. The van der Waals surface area contributed by atoms with E-state index in [4.69, 9.17) is 11.6 Å². The van der Waals surface area contributed by atoms with Crippen molar-refractivity contribution in [3.05, 3.63) is 52.4 Å². The van der Waals surface area contributed by atoms with Crippen LogP contribution in [0.25, 0.3) is 0 Å². The normalized spacial score (nSPS) is 17.6. The van der Waals surface area contributed by atoms with Crippen LogP contribution in [-0.4, -0.2) is 9.97 Å². The number of hydrogen-bond acceptors (Lipinski definition) is 3. The van der Waals surface area contributed by atoms with Crippen molar-refractivity contribution in [1.29, 1.82) is 0 Å². The monoisotopic (exact) mass is 259 g/mol. The standard InChI is InChI=1S/C14H14ClN3/c1-9-16-13(15)8-14(17-9)18-12-7-6-10-4-2-3-5-11(10)12/h2-5,8,12H,6-7H2,1H3,(H,16,17,18). The number of nitrogens with zero attached hydrogens (tertiary/aromatic N) is 2. The Morgan fingerprint density at radius 2 is 2.11 bits per heavy atom. The van der Waals surface area contributed by atoms with Gasteiger partial charge in [0, 0.05) is 6.07 Å². The largest absolute Gasteiger partial charge is 0.363 e. The molecule has 1 atom stereocenters. The summed E-state index contributed by atoms with van der Waals surface area (Å²) in [5.41, 5.74) is 2.79. The van der Waals surface area contributed by atoms with Crippen LogP contribution in [0.4, 0.5) is 5.82 Å². The van der Waals surface area contributed by atoms with Crippen molar-refractivity contribution in [2.45, 2.75) is 25.8 Å². The highest BCUT2D eigenvalue weighted by atomic mass is 35.5. The molecule has 92 valence electrons. The lowest BCUT2D eigenvalue weighted by atomic mass is 10.1. The van der Waals surface area contributed by atoms with E-state index in [1.807, 2.05) is 6.92 Å². The third-order valence-corrected chi connectivity index (χ3v) is 3.46. The zero-order valence-corrected chi connectivity index (χ0v) is 10.9. The first kappa shape index (κ1) is 11.5. The predicted octanol–water partition coefficient (Wildman–Crippen LogP) is 3.54. The van der Waals surface area contributed by atoms with E-state index >= 15 is 0 Å². The molecule has 0 spiro atoms. The SMILES string of the molecule is Cc1nc(Cl)cc(NC2CCc3ccccc32)n1. The Kier molecular flexibility index (Phi) is 2.92. The maximum Gasteiger partial charge on any atom is 0.134 e. The molecule has 2 aromatic rings. The molecule has 0 bridgehead atoms.